The highest BCUT2D eigenvalue weighted by Crippen LogP contribution is 2.20. The van der Waals surface area contributed by atoms with Crippen molar-refractivity contribution in [2.24, 2.45) is 16.8 Å². The predicted molar refractivity (Wildman–Crippen MR) is 111 cm³/mol. The summed E-state index contributed by atoms with van der Waals surface area (Å²) in [6.45, 7) is 14.1. The molecule has 0 bridgehead atoms. The van der Waals surface area contributed by atoms with Crippen molar-refractivity contribution in [2.45, 2.75) is 65.3 Å². The molecule has 0 amide bonds. The van der Waals surface area contributed by atoms with E-state index in [-0.39, 0.29) is 0 Å². The zero-order chi connectivity index (χ0) is 18.8. The van der Waals surface area contributed by atoms with Crippen LogP contribution in [0.1, 0.15) is 59.3 Å². The molecule has 1 N–H and O–H groups in total. The Morgan fingerprint density at radius 2 is 2.00 bits per heavy atom. The summed E-state index contributed by atoms with van der Waals surface area (Å²) in [5.41, 5.74) is 0. The minimum absolute atomic E-state index is 0.615. The van der Waals surface area contributed by atoms with Gasteiger partial charge in [-0.3, -0.25) is 9.89 Å². The van der Waals surface area contributed by atoms with Crippen LogP contribution in [-0.4, -0.2) is 74.8 Å². The Kier molecular flexibility index (Phi) is 9.76. The molecule has 2 aliphatic heterocycles. The number of piperidine rings is 1. The maximum Gasteiger partial charge on any atom is 0.193 e. The first-order valence-corrected chi connectivity index (χ1v) is 10.9. The number of nitrogens with zero attached hydrogens (tertiary/aromatic N) is 3. The number of nitrogens with one attached hydrogen (secondary N) is 1. The summed E-state index contributed by atoms with van der Waals surface area (Å²) < 4.78 is 5.48. The van der Waals surface area contributed by atoms with Crippen LogP contribution >= 0.6 is 0 Å². The molecule has 0 saturated carbocycles. The Bertz CT molecular complexity index is 407. The first kappa shape index (κ1) is 21.5. The fourth-order valence-corrected chi connectivity index (χ4v) is 4.15. The molecule has 0 radical (unpaired) electrons. The molecule has 152 valence electrons. The van der Waals surface area contributed by atoms with Crippen LogP contribution in [0.15, 0.2) is 4.99 Å². The summed E-state index contributed by atoms with van der Waals surface area (Å²) >= 11 is 0. The third-order valence-electron chi connectivity index (χ3n) is 5.71. The molecule has 0 aliphatic carbocycles. The van der Waals surface area contributed by atoms with E-state index in [1.54, 1.807) is 0 Å². The van der Waals surface area contributed by atoms with Gasteiger partial charge in [-0.05, 0) is 57.4 Å². The molecular formula is C21H42N4O. The summed E-state index contributed by atoms with van der Waals surface area (Å²) in [5, 5.41) is 3.50. The van der Waals surface area contributed by atoms with Gasteiger partial charge in [-0.2, -0.15) is 0 Å². The second-order valence-corrected chi connectivity index (χ2v) is 8.50. The van der Waals surface area contributed by atoms with Crippen molar-refractivity contribution in [3.63, 3.8) is 0 Å². The highest BCUT2D eigenvalue weighted by Gasteiger charge is 2.23. The summed E-state index contributed by atoms with van der Waals surface area (Å²) in [6, 6.07) is 0.615. The quantitative estimate of drug-likeness (QED) is 0.529. The molecule has 2 fully saturated rings. The van der Waals surface area contributed by atoms with Crippen molar-refractivity contribution in [2.75, 3.05) is 53.0 Å². The van der Waals surface area contributed by atoms with Gasteiger partial charge in [0.1, 0.15) is 0 Å². The number of guanidine groups is 1. The Labute approximate surface area is 161 Å². The molecule has 2 rings (SSSR count). The Balaban J connectivity index is 1.86. The van der Waals surface area contributed by atoms with Crippen LogP contribution < -0.4 is 5.32 Å². The largest absolute Gasteiger partial charge is 0.381 e. The zero-order valence-electron chi connectivity index (χ0n) is 17.7. The number of rotatable bonds is 8. The lowest BCUT2D eigenvalue weighted by atomic mass is 9.96. The molecule has 5 nitrogen and oxygen atoms in total. The average molecular weight is 367 g/mol. The smallest absolute Gasteiger partial charge is 0.193 e. The highest BCUT2D eigenvalue weighted by molar-refractivity contribution is 5.79. The van der Waals surface area contributed by atoms with Gasteiger partial charge in [0.05, 0.1) is 6.54 Å². The van der Waals surface area contributed by atoms with Gasteiger partial charge in [0.15, 0.2) is 5.96 Å². The number of hydrogen-bond donors (Lipinski definition) is 1. The van der Waals surface area contributed by atoms with E-state index in [0.717, 1.165) is 50.6 Å². The zero-order valence-corrected chi connectivity index (χ0v) is 17.7. The summed E-state index contributed by atoms with van der Waals surface area (Å²) in [5.74, 6) is 2.62. The molecule has 2 aliphatic rings. The van der Waals surface area contributed by atoms with E-state index in [4.69, 9.17) is 9.73 Å². The lowest BCUT2D eigenvalue weighted by Gasteiger charge is -2.36. The average Bonchev–Trinajstić information content (AvgIpc) is 2.64. The van der Waals surface area contributed by atoms with Crippen molar-refractivity contribution < 1.29 is 4.74 Å². The molecule has 2 heterocycles. The lowest BCUT2D eigenvalue weighted by Crippen LogP contribution is -2.45. The van der Waals surface area contributed by atoms with Gasteiger partial charge in [-0.1, -0.05) is 20.3 Å². The predicted octanol–water partition coefficient (Wildman–Crippen LogP) is 3.21. The molecule has 0 spiro atoms. The van der Waals surface area contributed by atoms with E-state index in [1.165, 1.54) is 51.6 Å². The topological polar surface area (TPSA) is 40.1 Å². The number of hydrogen-bond acceptors (Lipinski definition) is 3. The van der Waals surface area contributed by atoms with Crippen molar-refractivity contribution in [1.82, 2.24) is 15.1 Å². The van der Waals surface area contributed by atoms with Crippen molar-refractivity contribution in [3.8, 4) is 0 Å². The van der Waals surface area contributed by atoms with Crippen molar-refractivity contribution in [3.05, 3.63) is 0 Å². The molecule has 26 heavy (non-hydrogen) atoms. The molecule has 0 aromatic rings. The van der Waals surface area contributed by atoms with Gasteiger partial charge in [0, 0.05) is 45.9 Å². The molecule has 1 unspecified atom stereocenters. The second kappa shape index (κ2) is 11.8. The van der Waals surface area contributed by atoms with E-state index in [2.05, 4.69) is 42.9 Å². The minimum atomic E-state index is 0.615. The van der Waals surface area contributed by atoms with E-state index in [9.17, 15) is 0 Å². The van der Waals surface area contributed by atoms with Crippen LogP contribution in [-0.2, 0) is 4.74 Å². The number of ether oxygens (including phenoxy) is 1. The molecule has 1 atom stereocenters. The van der Waals surface area contributed by atoms with Crippen molar-refractivity contribution in [1.29, 1.82) is 0 Å². The second-order valence-electron chi connectivity index (χ2n) is 8.50. The lowest BCUT2D eigenvalue weighted by molar-refractivity contribution is 0.0625. The third kappa shape index (κ3) is 7.43. The van der Waals surface area contributed by atoms with E-state index in [1.807, 2.05) is 0 Å². The fraction of sp³-hybridized carbons (Fsp3) is 0.952. The van der Waals surface area contributed by atoms with Crippen molar-refractivity contribution >= 4 is 5.96 Å². The Morgan fingerprint density at radius 1 is 1.23 bits per heavy atom. The highest BCUT2D eigenvalue weighted by atomic mass is 16.5. The first-order valence-electron chi connectivity index (χ1n) is 10.9. The number of likely N-dealkylation sites (tertiary alicyclic amines) is 1. The van der Waals surface area contributed by atoms with Crippen LogP contribution in [0.2, 0.25) is 0 Å². The van der Waals surface area contributed by atoms with Gasteiger partial charge >= 0.3 is 0 Å². The molecular weight excluding hydrogens is 324 g/mol. The maximum atomic E-state index is 5.48. The summed E-state index contributed by atoms with van der Waals surface area (Å²) in [6.07, 6.45) is 7.67. The summed E-state index contributed by atoms with van der Waals surface area (Å²) in [7, 11) is 2.19. The van der Waals surface area contributed by atoms with Crippen LogP contribution in [0.5, 0.6) is 0 Å². The Morgan fingerprint density at radius 3 is 2.69 bits per heavy atom. The minimum Gasteiger partial charge on any atom is -0.381 e. The maximum absolute atomic E-state index is 5.48. The van der Waals surface area contributed by atoms with Gasteiger partial charge in [0.2, 0.25) is 0 Å². The monoisotopic (exact) mass is 366 g/mol. The summed E-state index contributed by atoms with van der Waals surface area (Å²) in [4.78, 5) is 10.0. The molecule has 2 saturated heterocycles. The van der Waals surface area contributed by atoms with Gasteiger partial charge < -0.3 is 15.0 Å². The molecule has 5 heteroatoms. The normalized spacial score (nSPS) is 23.4. The van der Waals surface area contributed by atoms with Crippen LogP contribution in [0.3, 0.4) is 0 Å². The van der Waals surface area contributed by atoms with E-state index < -0.39 is 0 Å². The SMILES string of the molecule is CCNC(=NCC1CCCCN1CC(C)C)N(C)CCC1CCOCC1. The molecule has 0 aromatic heterocycles. The van der Waals surface area contributed by atoms with Gasteiger partial charge in [-0.25, -0.2) is 0 Å². The van der Waals surface area contributed by atoms with E-state index >= 15 is 0 Å². The number of aliphatic imine (C=N–C) groups is 1. The first-order chi connectivity index (χ1) is 12.6. The van der Waals surface area contributed by atoms with Crippen LogP contribution in [0.25, 0.3) is 0 Å². The van der Waals surface area contributed by atoms with E-state index in [0.29, 0.717) is 6.04 Å². The standard InChI is InChI=1S/C21H42N4O/c1-5-22-21(24(4)13-9-19-10-14-26-15-11-19)23-16-20-8-6-7-12-25(20)17-18(2)3/h18-20H,5-17H2,1-4H3,(H,22,23). The fourth-order valence-electron chi connectivity index (χ4n) is 4.15. The van der Waals surface area contributed by atoms with Gasteiger partial charge in [-0.15, -0.1) is 0 Å². The van der Waals surface area contributed by atoms with Crippen LogP contribution in [0, 0.1) is 11.8 Å². The van der Waals surface area contributed by atoms with Gasteiger partial charge in [0.25, 0.3) is 0 Å². The molecule has 0 aromatic carbocycles. The van der Waals surface area contributed by atoms with Crippen LogP contribution in [0.4, 0.5) is 0 Å². The Hall–Kier alpha value is -0.810. The third-order valence-corrected chi connectivity index (χ3v) is 5.71.